The second-order valence-electron chi connectivity index (χ2n) is 2.99. The Hall–Kier alpha value is -0.760. The van der Waals surface area contributed by atoms with Crippen molar-refractivity contribution in [3.8, 4) is 5.75 Å². The molecule has 2 rings (SSSR count). The molecule has 2 aromatic rings. The van der Waals surface area contributed by atoms with Crippen LogP contribution in [0.5, 0.6) is 5.75 Å². The van der Waals surface area contributed by atoms with Crippen LogP contribution in [0.25, 0.3) is 0 Å². The molecule has 0 spiro atoms. The van der Waals surface area contributed by atoms with Gasteiger partial charge in [-0.15, -0.1) is 0 Å². The van der Waals surface area contributed by atoms with Gasteiger partial charge in [0, 0.05) is 0 Å². The molecule has 0 aliphatic carbocycles. The zero-order valence-electron chi connectivity index (χ0n) is 10.2. The van der Waals surface area contributed by atoms with E-state index in [1.54, 1.807) is 24.3 Å². The van der Waals surface area contributed by atoms with Gasteiger partial charge in [-0.05, 0) is 19.1 Å². The fraction of sp³-hybridized carbons (Fsp3) is 0.0769. The quantitative estimate of drug-likeness (QED) is 0.628. The van der Waals surface area contributed by atoms with Crippen molar-refractivity contribution in [1.82, 2.24) is 0 Å². The Morgan fingerprint density at radius 1 is 0.800 bits per heavy atom. The van der Waals surface area contributed by atoms with Crippen LogP contribution in [0.4, 0.5) is 0 Å². The van der Waals surface area contributed by atoms with E-state index in [9.17, 15) is 0 Å². The van der Waals surface area contributed by atoms with Crippen LogP contribution < -0.4 is 29.6 Å². The first-order chi connectivity index (χ1) is 6.79. The predicted molar refractivity (Wildman–Crippen MR) is 60.4 cm³/mol. The van der Waals surface area contributed by atoms with Crippen molar-refractivity contribution < 1.29 is 36.1 Å². The maximum absolute atomic E-state index is 8.63. The molecule has 1 N–H and O–H groups in total. The minimum atomic E-state index is 0. The van der Waals surface area contributed by atoms with Gasteiger partial charge in [0.15, 0.2) is 0 Å². The van der Waals surface area contributed by atoms with Crippen molar-refractivity contribution in [3.63, 3.8) is 0 Å². The third-order valence-electron chi connectivity index (χ3n) is 1.70. The van der Waals surface area contributed by atoms with E-state index < -0.39 is 0 Å². The zero-order chi connectivity index (χ0) is 10.2. The first-order valence-electron chi connectivity index (χ1n) is 4.54. The van der Waals surface area contributed by atoms with Crippen LogP contribution in [-0.4, -0.2) is 5.11 Å². The summed E-state index contributed by atoms with van der Waals surface area (Å²) >= 11 is 0. The van der Waals surface area contributed by atoms with Crippen molar-refractivity contribution in [2.75, 3.05) is 0 Å². The molecular weight excluding hydrogens is 195 g/mol. The van der Waals surface area contributed by atoms with Gasteiger partial charge >= 0.3 is 29.6 Å². The number of rotatable bonds is 0. The second-order valence-corrected chi connectivity index (χ2v) is 2.99. The Bertz CT molecular complexity index is 313. The van der Waals surface area contributed by atoms with Crippen LogP contribution in [0.1, 0.15) is 6.99 Å². The number of phenols is 1. The van der Waals surface area contributed by atoms with Gasteiger partial charge in [0.25, 0.3) is 0 Å². The molecule has 1 nitrogen and oxygen atoms in total. The number of para-hydroxylation sites is 1. The van der Waals surface area contributed by atoms with E-state index in [1.807, 2.05) is 24.3 Å². The van der Waals surface area contributed by atoms with Gasteiger partial charge < -0.3 is 6.53 Å². The summed E-state index contributed by atoms with van der Waals surface area (Å²) in [5, 5.41) is 8.63. The fourth-order valence-corrected chi connectivity index (χ4v) is 0.962. The number of hydrogen-bond donors (Lipinski definition) is 1. The minimum absolute atomic E-state index is 0. The molecular formula is C13H15NaO. The van der Waals surface area contributed by atoms with Crippen molar-refractivity contribution in [3.05, 3.63) is 66.2 Å². The summed E-state index contributed by atoms with van der Waals surface area (Å²) in [6.07, 6.45) is 0. The molecule has 0 aromatic heterocycles. The molecule has 0 atom stereocenters. The Morgan fingerprint density at radius 3 is 1.40 bits per heavy atom. The Labute approximate surface area is 115 Å². The van der Waals surface area contributed by atoms with Crippen LogP contribution in [0.2, 0.25) is 0 Å². The van der Waals surface area contributed by atoms with Crippen molar-refractivity contribution >= 4 is 0 Å². The summed E-state index contributed by atoms with van der Waals surface area (Å²) in [6.45, 7) is 2.08. The molecule has 0 saturated heterocycles. The van der Waals surface area contributed by atoms with E-state index in [4.69, 9.17) is 5.11 Å². The van der Waals surface area contributed by atoms with Gasteiger partial charge in [0.05, 0.1) is 0 Å². The summed E-state index contributed by atoms with van der Waals surface area (Å²) in [5.74, 6) is 0.322. The maximum atomic E-state index is 8.63. The maximum Gasteiger partial charge on any atom is 1.00 e. The van der Waals surface area contributed by atoms with E-state index >= 15 is 0 Å². The van der Waals surface area contributed by atoms with Gasteiger partial charge in [-0.1, -0.05) is 54.1 Å². The van der Waals surface area contributed by atoms with E-state index in [0.29, 0.717) is 5.75 Å². The fourth-order valence-electron chi connectivity index (χ4n) is 0.962. The van der Waals surface area contributed by atoms with E-state index in [2.05, 4.69) is 19.1 Å². The van der Waals surface area contributed by atoms with E-state index in [1.165, 1.54) is 5.56 Å². The molecule has 0 unspecified atom stereocenters. The van der Waals surface area contributed by atoms with E-state index in [-0.39, 0.29) is 31.0 Å². The third-order valence-corrected chi connectivity index (χ3v) is 1.70. The third kappa shape index (κ3) is 7.20. The monoisotopic (exact) mass is 210 g/mol. The van der Waals surface area contributed by atoms with Gasteiger partial charge in [-0.3, -0.25) is 0 Å². The minimum Gasteiger partial charge on any atom is -1.00 e. The SMILES string of the molecule is Cc1ccccc1.Oc1ccccc1.[H-].[Na+]. The average Bonchev–Trinajstić information content (AvgIpc) is 2.21. The molecule has 0 aliphatic heterocycles. The van der Waals surface area contributed by atoms with Crippen LogP contribution >= 0.6 is 0 Å². The van der Waals surface area contributed by atoms with Crippen LogP contribution in [0.15, 0.2) is 60.7 Å². The van der Waals surface area contributed by atoms with Gasteiger partial charge in [0.2, 0.25) is 0 Å². The number of phenolic OH excluding ortho intramolecular Hbond substituents is 1. The summed E-state index contributed by atoms with van der Waals surface area (Å²) in [7, 11) is 0. The number of hydrogen-bond acceptors (Lipinski definition) is 1. The van der Waals surface area contributed by atoms with Crippen molar-refractivity contribution in [2.24, 2.45) is 0 Å². The van der Waals surface area contributed by atoms with Gasteiger partial charge in [-0.25, -0.2) is 0 Å². The summed E-state index contributed by atoms with van der Waals surface area (Å²) in [6, 6.07) is 19.0. The molecule has 0 aliphatic rings. The molecule has 0 bridgehead atoms. The molecule has 0 saturated carbocycles. The Balaban J connectivity index is 0. The number of aryl methyl sites for hydroxylation is 1. The van der Waals surface area contributed by atoms with Crippen molar-refractivity contribution in [1.29, 1.82) is 0 Å². The predicted octanol–water partition coefficient (Wildman–Crippen LogP) is 0.504. The number of aromatic hydroxyl groups is 1. The average molecular weight is 210 g/mol. The molecule has 2 heteroatoms. The zero-order valence-corrected chi connectivity index (χ0v) is 11.2. The summed E-state index contributed by atoms with van der Waals surface area (Å²) in [5.41, 5.74) is 1.32. The first-order valence-corrected chi connectivity index (χ1v) is 4.54. The van der Waals surface area contributed by atoms with Crippen LogP contribution in [0.3, 0.4) is 0 Å². The molecule has 15 heavy (non-hydrogen) atoms. The summed E-state index contributed by atoms with van der Waals surface area (Å²) in [4.78, 5) is 0. The van der Waals surface area contributed by atoms with Crippen LogP contribution in [0, 0.1) is 6.92 Å². The number of benzene rings is 2. The largest absolute Gasteiger partial charge is 1.00 e. The Morgan fingerprint density at radius 2 is 1.20 bits per heavy atom. The molecule has 0 amide bonds. The van der Waals surface area contributed by atoms with Gasteiger partial charge in [-0.2, -0.15) is 0 Å². The molecule has 0 heterocycles. The Kier molecular flexibility index (Phi) is 8.11. The molecule has 74 valence electrons. The standard InChI is InChI=1S/C7H8.C6H6O.Na.H/c1-7-5-3-2-4-6-7;7-6-4-2-1-3-5-6;;/h2-6H,1H3;1-5,7H;;/q;;+1;-1. The first kappa shape index (κ1) is 14.2. The van der Waals surface area contributed by atoms with Crippen LogP contribution in [-0.2, 0) is 0 Å². The van der Waals surface area contributed by atoms with Gasteiger partial charge in [0.1, 0.15) is 5.75 Å². The summed E-state index contributed by atoms with van der Waals surface area (Å²) < 4.78 is 0. The van der Waals surface area contributed by atoms with E-state index in [0.717, 1.165) is 0 Å². The van der Waals surface area contributed by atoms with Crippen molar-refractivity contribution in [2.45, 2.75) is 6.92 Å². The molecule has 0 radical (unpaired) electrons. The second kappa shape index (κ2) is 8.54. The molecule has 2 aromatic carbocycles. The normalized spacial score (nSPS) is 8.07. The molecule has 0 fully saturated rings. The smallest absolute Gasteiger partial charge is 1.00 e. The topological polar surface area (TPSA) is 20.2 Å².